The first kappa shape index (κ1) is 24.2. The summed E-state index contributed by atoms with van der Waals surface area (Å²) in [4.78, 5) is 28.4. The van der Waals surface area contributed by atoms with Gasteiger partial charge in [-0.1, -0.05) is 18.2 Å². The molecule has 1 aliphatic heterocycles. The summed E-state index contributed by atoms with van der Waals surface area (Å²) in [6, 6.07) is 17.6. The molecule has 9 nitrogen and oxygen atoms in total. The van der Waals surface area contributed by atoms with E-state index < -0.39 is 21.8 Å². The Labute approximate surface area is 203 Å². The highest BCUT2D eigenvalue weighted by Gasteiger charge is 2.36. The van der Waals surface area contributed by atoms with E-state index in [0.717, 1.165) is 10.9 Å². The van der Waals surface area contributed by atoms with Gasteiger partial charge in [0.05, 0.1) is 29.6 Å². The van der Waals surface area contributed by atoms with Crippen LogP contribution in [0, 0.1) is 11.3 Å². The van der Waals surface area contributed by atoms with Crippen LogP contribution in [0.25, 0.3) is 10.8 Å². The Morgan fingerprint density at radius 2 is 1.97 bits per heavy atom. The molecule has 1 atom stereocenters. The molecule has 3 aromatic carbocycles. The average molecular weight is 493 g/mol. The molecular formula is C25H24N4O5S. The van der Waals surface area contributed by atoms with Crippen LogP contribution >= 0.6 is 0 Å². The van der Waals surface area contributed by atoms with Crippen molar-refractivity contribution >= 4 is 32.6 Å². The lowest BCUT2D eigenvalue weighted by atomic mass is 9.95. The Kier molecular flexibility index (Phi) is 6.73. The highest BCUT2D eigenvalue weighted by atomic mass is 32.2. The number of sulfonamides is 1. The van der Waals surface area contributed by atoms with E-state index in [1.165, 1.54) is 20.1 Å². The molecule has 0 radical (unpaired) electrons. The molecular weight excluding hydrogens is 468 g/mol. The predicted molar refractivity (Wildman–Crippen MR) is 129 cm³/mol. The summed E-state index contributed by atoms with van der Waals surface area (Å²) in [6.45, 7) is 1.95. The average Bonchev–Trinajstić information content (AvgIpc) is 3.21. The summed E-state index contributed by atoms with van der Waals surface area (Å²) in [5.41, 5.74) is 3.80. The molecule has 1 saturated heterocycles. The number of hydrogen-bond donors (Lipinski definition) is 2. The third-order valence-corrected chi connectivity index (χ3v) is 7.23. The van der Waals surface area contributed by atoms with Crippen LogP contribution in [0.3, 0.4) is 0 Å². The summed E-state index contributed by atoms with van der Waals surface area (Å²) < 4.78 is 31.6. The van der Waals surface area contributed by atoms with Crippen LogP contribution in [-0.2, 0) is 26.2 Å². The van der Waals surface area contributed by atoms with Gasteiger partial charge in [-0.15, -0.1) is 4.83 Å². The number of benzene rings is 3. The van der Waals surface area contributed by atoms with Crippen LogP contribution in [0.4, 0.5) is 0 Å². The monoisotopic (exact) mass is 492 g/mol. The molecule has 1 aliphatic rings. The number of nitrogens with one attached hydrogen (secondary N) is 2. The molecule has 0 spiro atoms. The van der Waals surface area contributed by atoms with E-state index in [4.69, 9.17) is 10.00 Å². The zero-order chi connectivity index (χ0) is 25.2. The number of hydrogen-bond acceptors (Lipinski definition) is 6. The van der Waals surface area contributed by atoms with Crippen LogP contribution in [0.1, 0.15) is 36.0 Å². The van der Waals surface area contributed by atoms with Crippen LogP contribution < -0.4 is 15.0 Å². The summed E-state index contributed by atoms with van der Waals surface area (Å²) in [6.07, 6.45) is 0.432. The van der Waals surface area contributed by atoms with Gasteiger partial charge in [0.1, 0.15) is 5.75 Å². The van der Waals surface area contributed by atoms with Gasteiger partial charge in [0, 0.05) is 20.0 Å². The lowest BCUT2D eigenvalue weighted by molar-refractivity contribution is -0.129. The lowest BCUT2D eigenvalue weighted by Crippen LogP contribution is -2.40. The van der Waals surface area contributed by atoms with Gasteiger partial charge in [0.25, 0.3) is 10.0 Å². The molecule has 4 rings (SSSR count). The quantitative estimate of drug-likeness (QED) is 0.488. The third-order valence-electron chi connectivity index (χ3n) is 5.93. The van der Waals surface area contributed by atoms with Crippen molar-refractivity contribution in [3.63, 3.8) is 0 Å². The molecule has 2 N–H and O–H groups in total. The molecule has 35 heavy (non-hydrogen) atoms. The second-order valence-corrected chi connectivity index (χ2v) is 9.95. The normalized spacial score (nSPS) is 15.7. The molecule has 10 heteroatoms. The molecule has 0 aliphatic carbocycles. The smallest absolute Gasteiger partial charge is 0.257 e. The van der Waals surface area contributed by atoms with E-state index in [2.05, 4.69) is 16.3 Å². The maximum atomic E-state index is 13.4. The Balaban J connectivity index is 1.73. The van der Waals surface area contributed by atoms with E-state index in [0.29, 0.717) is 41.8 Å². The van der Waals surface area contributed by atoms with Crippen molar-refractivity contribution in [2.75, 3.05) is 13.7 Å². The first-order chi connectivity index (χ1) is 16.7. The number of likely N-dealkylation sites (tertiary alicyclic amines) is 1. The molecule has 3 aromatic rings. The second kappa shape index (κ2) is 9.74. The second-order valence-electron chi connectivity index (χ2n) is 8.30. The van der Waals surface area contributed by atoms with E-state index in [1.54, 1.807) is 47.4 Å². The Morgan fingerprint density at radius 3 is 2.69 bits per heavy atom. The zero-order valence-corrected chi connectivity index (χ0v) is 20.1. The molecule has 0 saturated carbocycles. The van der Waals surface area contributed by atoms with E-state index >= 15 is 0 Å². The minimum atomic E-state index is -4.17. The summed E-state index contributed by atoms with van der Waals surface area (Å²) in [7, 11) is -2.66. The van der Waals surface area contributed by atoms with Gasteiger partial charge in [-0.3, -0.25) is 15.0 Å². The van der Waals surface area contributed by atoms with E-state index in [-0.39, 0.29) is 10.8 Å². The van der Waals surface area contributed by atoms with Gasteiger partial charge >= 0.3 is 0 Å². The fraction of sp³-hybridized carbons (Fsp3) is 0.240. The molecule has 2 amide bonds. The number of carbonyl (C=O) groups excluding carboxylic acids is 2. The standard InChI is InChI=1S/C25H24N4O5S/c1-16(30)27-28-35(32,33)24-13-20-11-21(34-2)7-6-19(20)12-23(24)22-8-9-29(25(22)31)15-18-5-3-4-17(10-18)14-26/h3-7,10-13,22,28H,8-9,15H2,1-2H3,(H,27,30)/t22-/m0/s1. The number of nitrogens with zero attached hydrogens (tertiary/aromatic N) is 2. The molecule has 0 unspecified atom stereocenters. The largest absolute Gasteiger partial charge is 0.497 e. The number of ether oxygens (including phenoxy) is 1. The minimum Gasteiger partial charge on any atom is -0.497 e. The van der Waals surface area contributed by atoms with Gasteiger partial charge in [-0.25, -0.2) is 8.42 Å². The number of rotatable bonds is 7. The Morgan fingerprint density at radius 1 is 1.17 bits per heavy atom. The maximum absolute atomic E-state index is 13.4. The van der Waals surface area contributed by atoms with Gasteiger partial charge in [0.15, 0.2) is 0 Å². The van der Waals surface area contributed by atoms with Crippen molar-refractivity contribution in [3.8, 4) is 11.8 Å². The zero-order valence-electron chi connectivity index (χ0n) is 19.2. The number of nitriles is 1. The van der Waals surface area contributed by atoms with Crippen molar-refractivity contribution in [1.82, 2.24) is 15.2 Å². The SMILES string of the molecule is COc1ccc2cc([C@@H]3CCN(Cc4cccc(C#N)c4)C3=O)c(S(=O)(=O)NNC(C)=O)cc2c1. The highest BCUT2D eigenvalue weighted by molar-refractivity contribution is 7.89. The Bertz CT molecular complexity index is 1460. The molecule has 1 heterocycles. The van der Waals surface area contributed by atoms with Crippen LogP contribution in [0.2, 0.25) is 0 Å². The van der Waals surface area contributed by atoms with Crippen molar-refractivity contribution in [1.29, 1.82) is 5.26 Å². The fourth-order valence-corrected chi connectivity index (χ4v) is 5.42. The van der Waals surface area contributed by atoms with Crippen LogP contribution in [0.5, 0.6) is 5.75 Å². The van der Waals surface area contributed by atoms with Crippen molar-refractivity contribution in [2.45, 2.75) is 30.7 Å². The van der Waals surface area contributed by atoms with Crippen LogP contribution in [0.15, 0.2) is 59.5 Å². The van der Waals surface area contributed by atoms with Gasteiger partial charge in [-0.2, -0.15) is 5.26 Å². The number of carbonyl (C=O) groups is 2. The van der Waals surface area contributed by atoms with Crippen molar-refractivity contribution in [2.24, 2.45) is 0 Å². The highest BCUT2D eigenvalue weighted by Crippen LogP contribution is 2.36. The van der Waals surface area contributed by atoms with Gasteiger partial charge in [0.2, 0.25) is 11.8 Å². The minimum absolute atomic E-state index is 0.0846. The maximum Gasteiger partial charge on any atom is 0.257 e. The van der Waals surface area contributed by atoms with Crippen molar-refractivity contribution < 1.29 is 22.7 Å². The number of fused-ring (bicyclic) bond motifs is 1. The molecule has 0 bridgehead atoms. The molecule has 1 fully saturated rings. The Hall–Kier alpha value is -3.94. The summed E-state index contributed by atoms with van der Waals surface area (Å²) in [5.74, 6) is -0.882. The predicted octanol–water partition coefficient (Wildman–Crippen LogP) is 2.57. The van der Waals surface area contributed by atoms with Crippen LogP contribution in [-0.4, -0.2) is 38.8 Å². The third kappa shape index (κ3) is 5.11. The topological polar surface area (TPSA) is 129 Å². The van der Waals surface area contributed by atoms with E-state index in [9.17, 15) is 18.0 Å². The molecule has 180 valence electrons. The summed E-state index contributed by atoms with van der Waals surface area (Å²) >= 11 is 0. The number of amides is 2. The number of hydrazine groups is 1. The first-order valence-electron chi connectivity index (χ1n) is 10.9. The number of methoxy groups -OCH3 is 1. The van der Waals surface area contributed by atoms with Gasteiger partial charge < -0.3 is 9.64 Å². The van der Waals surface area contributed by atoms with Gasteiger partial charge in [-0.05, 0) is 64.7 Å². The summed E-state index contributed by atoms with van der Waals surface area (Å²) in [5, 5.41) is 10.5. The van der Waals surface area contributed by atoms with E-state index in [1.807, 2.05) is 6.07 Å². The fourth-order valence-electron chi connectivity index (χ4n) is 4.24. The lowest BCUT2D eigenvalue weighted by Gasteiger charge is -2.19. The van der Waals surface area contributed by atoms with Crippen molar-refractivity contribution in [3.05, 3.63) is 71.3 Å². The molecule has 0 aromatic heterocycles. The first-order valence-corrected chi connectivity index (χ1v) is 12.4.